The Kier molecular flexibility index (Phi) is 6.78. The first-order valence-corrected chi connectivity index (χ1v) is 9.85. The minimum absolute atomic E-state index is 0.0923. The van der Waals surface area contributed by atoms with Gasteiger partial charge in [-0.1, -0.05) is 0 Å². The Labute approximate surface area is 183 Å². The fourth-order valence-electron chi connectivity index (χ4n) is 2.68. The van der Waals surface area contributed by atoms with Crippen molar-refractivity contribution in [2.24, 2.45) is 14.1 Å². The van der Waals surface area contributed by atoms with Crippen LogP contribution in [0.3, 0.4) is 0 Å². The summed E-state index contributed by atoms with van der Waals surface area (Å²) in [7, 11) is 2.65. The van der Waals surface area contributed by atoms with E-state index in [0.29, 0.717) is 5.46 Å². The summed E-state index contributed by atoms with van der Waals surface area (Å²) >= 11 is 3.18. The van der Waals surface area contributed by atoms with Crippen molar-refractivity contribution in [3.63, 3.8) is 0 Å². The second-order valence-corrected chi connectivity index (χ2v) is 8.82. The Balaban J connectivity index is 0.000000248. The average Bonchev–Trinajstić information content (AvgIpc) is 2.88. The van der Waals surface area contributed by atoms with Crippen LogP contribution in [0.15, 0.2) is 38.6 Å². The number of rotatable bonds is 1. The molecule has 2 aromatic rings. The monoisotopic (exact) mass is 472 g/mol. The van der Waals surface area contributed by atoms with Crippen molar-refractivity contribution < 1.29 is 9.31 Å². The Morgan fingerprint density at radius 1 is 0.900 bits per heavy atom. The van der Waals surface area contributed by atoms with Crippen LogP contribution in [-0.2, 0) is 23.4 Å². The third-order valence-corrected chi connectivity index (χ3v) is 5.55. The molecule has 0 radical (unpaired) electrons. The molecule has 1 aliphatic heterocycles. The molecule has 0 aromatic carbocycles. The zero-order chi connectivity index (χ0) is 22.9. The zero-order valence-corrected chi connectivity index (χ0v) is 19.3. The molecular formula is C20H22BBrN4O4. The lowest BCUT2D eigenvalue weighted by molar-refractivity contribution is 0.00578. The molecule has 30 heavy (non-hydrogen) atoms. The van der Waals surface area contributed by atoms with Gasteiger partial charge in [0.1, 0.15) is 23.3 Å². The third-order valence-electron chi connectivity index (χ3n) is 5.12. The molecule has 3 rings (SSSR count). The molecule has 156 valence electrons. The number of nitrogens with zero attached hydrogens (tertiary/aromatic N) is 4. The van der Waals surface area contributed by atoms with Crippen LogP contribution in [0.1, 0.15) is 38.8 Å². The average molecular weight is 473 g/mol. The number of halogens is 1. The van der Waals surface area contributed by atoms with Crippen LogP contribution >= 0.6 is 15.9 Å². The van der Waals surface area contributed by atoms with E-state index in [1.54, 1.807) is 26.5 Å². The van der Waals surface area contributed by atoms with E-state index in [4.69, 9.17) is 19.8 Å². The van der Waals surface area contributed by atoms with E-state index in [1.807, 2.05) is 39.8 Å². The van der Waals surface area contributed by atoms with Gasteiger partial charge in [-0.25, -0.2) is 0 Å². The largest absolute Gasteiger partial charge is 0.496 e. The summed E-state index contributed by atoms with van der Waals surface area (Å²) in [6, 6.07) is 6.75. The van der Waals surface area contributed by atoms with E-state index in [0.717, 1.165) is 4.47 Å². The van der Waals surface area contributed by atoms with Gasteiger partial charge in [0.15, 0.2) is 0 Å². The summed E-state index contributed by atoms with van der Waals surface area (Å²) < 4.78 is 15.3. The first-order chi connectivity index (χ1) is 13.8. The van der Waals surface area contributed by atoms with Crippen LogP contribution in [0.25, 0.3) is 0 Å². The number of hydrogen-bond acceptors (Lipinski definition) is 6. The van der Waals surface area contributed by atoms with Crippen LogP contribution in [-0.4, -0.2) is 27.5 Å². The number of nitriles is 2. The molecule has 2 aromatic heterocycles. The molecule has 0 aliphatic carbocycles. The van der Waals surface area contributed by atoms with Gasteiger partial charge in [0.25, 0.3) is 11.1 Å². The van der Waals surface area contributed by atoms with E-state index < -0.39 is 18.3 Å². The van der Waals surface area contributed by atoms with Crippen molar-refractivity contribution >= 4 is 28.5 Å². The molecule has 8 nitrogen and oxygen atoms in total. The van der Waals surface area contributed by atoms with Crippen molar-refractivity contribution in [2.75, 3.05) is 0 Å². The first-order valence-electron chi connectivity index (χ1n) is 9.05. The molecule has 10 heteroatoms. The number of aromatic nitrogens is 2. The lowest BCUT2D eigenvalue weighted by Gasteiger charge is -2.32. The van der Waals surface area contributed by atoms with E-state index in [1.165, 1.54) is 21.3 Å². The maximum atomic E-state index is 11.7. The molecule has 1 aliphatic rings. The molecule has 0 bridgehead atoms. The summed E-state index contributed by atoms with van der Waals surface area (Å²) in [6.45, 7) is 7.83. The van der Waals surface area contributed by atoms with Gasteiger partial charge in [-0.15, -0.1) is 0 Å². The summed E-state index contributed by atoms with van der Waals surface area (Å²) in [5.41, 5.74) is -0.550. The predicted molar refractivity (Wildman–Crippen MR) is 116 cm³/mol. The highest BCUT2D eigenvalue weighted by molar-refractivity contribution is 9.10. The molecule has 0 saturated carbocycles. The van der Waals surface area contributed by atoms with Gasteiger partial charge in [0.2, 0.25) is 0 Å². The number of aryl methyl sites for hydroxylation is 2. The molecule has 0 spiro atoms. The van der Waals surface area contributed by atoms with Crippen molar-refractivity contribution in [3.8, 4) is 12.1 Å². The maximum absolute atomic E-state index is 11.7. The Bertz CT molecular complexity index is 1160. The fourth-order valence-corrected chi connectivity index (χ4v) is 3.21. The smallest absolute Gasteiger partial charge is 0.399 e. The van der Waals surface area contributed by atoms with Gasteiger partial charge in [0.05, 0.1) is 11.2 Å². The second-order valence-electron chi connectivity index (χ2n) is 7.90. The van der Waals surface area contributed by atoms with Gasteiger partial charge < -0.3 is 18.4 Å². The van der Waals surface area contributed by atoms with E-state index in [-0.39, 0.29) is 22.2 Å². The van der Waals surface area contributed by atoms with Gasteiger partial charge >= 0.3 is 7.12 Å². The normalized spacial score (nSPS) is 16.2. The summed E-state index contributed by atoms with van der Waals surface area (Å²) in [4.78, 5) is 22.8. The molecule has 0 unspecified atom stereocenters. The SMILES string of the molecule is Cn1cc(B2OC(C)(C)C(C)(C)O2)cc(C#N)c1=O.Cn1cc(Br)cc(C#N)c1=O. The van der Waals surface area contributed by atoms with Gasteiger partial charge in [0, 0.05) is 36.4 Å². The van der Waals surface area contributed by atoms with E-state index in [2.05, 4.69) is 15.9 Å². The van der Waals surface area contributed by atoms with Gasteiger partial charge in [-0.2, -0.15) is 10.5 Å². The highest BCUT2D eigenvalue weighted by atomic mass is 79.9. The lowest BCUT2D eigenvalue weighted by atomic mass is 9.79. The number of pyridine rings is 2. The van der Waals surface area contributed by atoms with Gasteiger partial charge in [-0.3, -0.25) is 9.59 Å². The Morgan fingerprint density at radius 2 is 1.33 bits per heavy atom. The molecule has 0 atom stereocenters. The summed E-state index contributed by atoms with van der Waals surface area (Å²) in [6.07, 6.45) is 3.26. The van der Waals surface area contributed by atoms with Crippen molar-refractivity contribution in [1.29, 1.82) is 10.5 Å². The number of hydrogen-bond donors (Lipinski definition) is 0. The highest BCUT2D eigenvalue weighted by Crippen LogP contribution is 2.36. The van der Waals surface area contributed by atoms with Crippen molar-refractivity contribution in [3.05, 3.63) is 60.8 Å². The third kappa shape index (κ3) is 4.73. The van der Waals surface area contributed by atoms with Crippen molar-refractivity contribution in [2.45, 2.75) is 38.9 Å². The molecular weight excluding hydrogens is 451 g/mol. The van der Waals surface area contributed by atoms with Crippen molar-refractivity contribution in [1.82, 2.24) is 9.13 Å². The quantitative estimate of drug-likeness (QED) is 0.582. The van der Waals surface area contributed by atoms with E-state index >= 15 is 0 Å². The summed E-state index contributed by atoms with van der Waals surface area (Å²) in [5, 5.41) is 17.5. The van der Waals surface area contributed by atoms with E-state index in [9.17, 15) is 9.59 Å². The van der Waals surface area contributed by atoms with Crippen LogP contribution < -0.4 is 16.6 Å². The topological polar surface area (TPSA) is 110 Å². The second kappa shape index (κ2) is 8.61. The zero-order valence-electron chi connectivity index (χ0n) is 17.7. The van der Waals surface area contributed by atoms with Crippen LogP contribution in [0.4, 0.5) is 0 Å². The minimum atomic E-state index is -0.566. The molecule has 3 heterocycles. The molecule has 0 N–H and O–H groups in total. The fraction of sp³-hybridized carbons (Fsp3) is 0.400. The lowest BCUT2D eigenvalue weighted by Crippen LogP contribution is -2.41. The maximum Gasteiger partial charge on any atom is 0.496 e. The van der Waals surface area contributed by atoms with Gasteiger partial charge in [-0.05, 0) is 55.8 Å². The Hall–Kier alpha value is -2.66. The standard InChI is InChI=1S/C13H17BN2O3.C7H5BrN2O/c1-12(2)13(3,4)19-14(18-12)10-6-9(7-15)11(17)16(5)8-10;1-10-4-6(8)2-5(3-9)7(10)11/h6,8H,1-5H3;2,4H,1H3. The summed E-state index contributed by atoms with van der Waals surface area (Å²) in [5.74, 6) is 0. The molecule has 0 amide bonds. The van der Waals surface area contributed by atoms with Crippen LogP contribution in [0, 0.1) is 22.7 Å². The molecule has 1 fully saturated rings. The Morgan fingerprint density at radius 3 is 1.80 bits per heavy atom. The first kappa shape index (κ1) is 23.6. The molecule has 1 saturated heterocycles. The predicted octanol–water partition coefficient (Wildman–Crippen LogP) is 1.58. The minimum Gasteiger partial charge on any atom is -0.399 e. The van der Waals surface area contributed by atoms with Crippen LogP contribution in [0.5, 0.6) is 0 Å². The van der Waals surface area contributed by atoms with Crippen LogP contribution in [0.2, 0.25) is 0 Å². The highest BCUT2D eigenvalue weighted by Gasteiger charge is 2.51.